The third-order valence-electron chi connectivity index (χ3n) is 3.62. The van der Waals surface area contributed by atoms with Gasteiger partial charge in [-0.3, -0.25) is 0 Å². The van der Waals surface area contributed by atoms with Crippen LogP contribution in [0.2, 0.25) is 0 Å². The van der Waals surface area contributed by atoms with Crippen LogP contribution in [0.25, 0.3) is 10.2 Å². The Balaban J connectivity index is 1.89. The highest BCUT2D eigenvalue weighted by Crippen LogP contribution is 2.28. The number of hydrogen-bond acceptors (Lipinski definition) is 4. The normalized spacial score (nSPS) is 12.9. The third-order valence-corrected chi connectivity index (χ3v) is 4.68. The van der Waals surface area contributed by atoms with Gasteiger partial charge in [0.2, 0.25) is 0 Å². The van der Waals surface area contributed by atoms with Gasteiger partial charge in [-0.25, -0.2) is 4.98 Å². The summed E-state index contributed by atoms with van der Waals surface area (Å²) in [6.45, 7) is 7.09. The molecule has 0 aliphatic carbocycles. The molecule has 3 aromatic rings. The number of fused-ring (bicyclic) bond motifs is 1. The molecule has 4 heteroatoms. The molecule has 2 heterocycles. The second-order valence-corrected chi connectivity index (χ2v) is 6.37. The zero-order chi connectivity index (χ0) is 14.8. The van der Waals surface area contributed by atoms with Gasteiger partial charge in [0, 0.05) is 18.0 Å². The number of hydrogen-bond donors (Lipinski definition) is 1. The highest BCUT2D eigenvalue weighted by atomic mass is 32.1. The Bertz CT molecular complexity index is 711. The average molecular weight is 300 g/mol. The van der Waals surface area contributed by atoms with E-state index < -0.39 is 0 Å². The highest BCUT2D eigenvalue weighted by Gasteiger charge is 2.18. The fraction of sp³-hybridized carbons (Fsp3) is 0.353. The van der Waals surface area contributed by atoms with Gasteiger partial charge in [-0.15, -0.1) is 11.3 Å². The molecule has 1 aromatic carbocycles. The van der Waals surface area contributed by atoms with Gasteiger partial charge in [0.15, 0.2) is 0 Å². The van der Waals surface area contributed by atoms with E-state index in [-0.39, 0.29) is 6.04 Å². The molecule has 110 valence electrons. The van der Waals surface area contributed by atoms with Crippen molar-refractivity contribution in [2.24, 2.45) is 0 Å². The molecule has 3 rings (SSSR count). The van der Waals surface area contributed by atoms with Crippen molar-refractivity contribution < 1.29 is 4.42 Å². The third kappa shape index (κ3) is 3.01. The number of benzene rings is 1. The number of aryl methyl sites for hydroxylation is 2. The van der Waals surface area contributed by atoms with E-state index in [1.54, 1.807) is 11.3 Å². The van der Waals surface area contributed by atoms with E-state index in [0.717, 1.165) is 30.0 Å². The molecule has 3 nitrogen and oxygen atoms in total. The predicted molar refractivity (Wildman–Crippen MR) is 87.9 cm³/mol. The molecule has 0 aliphatic rings. The van der Waals surface area contributed by atoms with Crippen molar-refractivity contribution in [3.63, 3.8) is 0 Å². The SMILES string of the molecule is CCNC(Cc1nc2ccccc2s1)c1cc(C)oc1C. The molecule has 0 bridgehead atoms. The molecule has 0 radical (unpaired) electrons. The summed E-state index contributed by atoms with van der Waals surface area (Å²) in [5.74, 6) is 1.97. The molecule has 0 saturated carbocycles. The van der Waals surface area contributed by atoms with Gasteiger partial charge < -0.3 is 9.73 Å². The number of thiazole rings is 1. The van der Waals surface area contributed by atoms with Crippen molar-refractivity contribution in [2.45, 2.75) is 33.2 Å². The summed E-state index contributed by atoms with van der Waals surface area (Å²) in [6, 6.07) is 10.7. The summed E-state index contributed by atoms with van der Waals surface area (Å²) >= 11 is 1.78. The number of nitrogens with one attached hydrogen (secondary N) is 1. The standard InChI is InChI=1S/C17H20N2OS/c1-4-18-15(13-9-11(2)20-12(13)3)10-17-19-14-7-5-6-8-16(14)21-17/h5-9,15,18H,4,10H2,1-3H3. The quantitative estimate of drug-likeness (QED) is 0.759. The van der Waals surface area contributed by atoms with Crippen LogP contribution in [0.3, 0.4) is 0 Å². The summed E-state index contributed by atoms with van der Waals surface area (Å²) in [7, 11) is 0. The first-order valence-electron chi connectivity index (χ1n) is 7.32. The van der Waals surface area contributed by atoms with Gasteiger partial charge in [-0.1, -0.05) is 19.1 Å². The fourth-order valence-corrected chi connectivity index (χ4v) is 3.73. The molecule has 1 N–H and O–H groups in total. The van der Waals surface area contributed by atoms with E-state index in [0.29, 0.717) is 0 Å². The van der Waals surface area contributed by atoms with Crippen molar-refractivity contribution in [3.8, 4) is 0 Å². The zero-order valence-corrected chi connectivity index (χ0v) is 13.5. The molecule has 0 aliphatic heterocycles. The lowest BCUT2D eigenvalue weighted by molar-refractivity contribution is 0.484. The van der Waals surface area contributed by atoms with Gasteiger partial charge in [0.25, 0.3) is 0 Å². The Morgan fingerprint density at radius 3 is 2.76 bits per heavy atom. The van der Waals surface area contributed by atoms with Crippen molar-refractivity contribution in [2.75, 3.05) is 6.54 Å². The highest BCUT2D eigenvalue weighted by molar-refractivity contribution is 7.18. The molecule has 0 spiro atoms. The van der Waals surface area contributed by atoms with Gasteiger partial charge >= 0.3 is 0 Å². The van der Waals surface area contributed by atoms with Crippen LogP contribution in [0.1, 0.15) is 35.1 Å². The number of aromatic nitrogens is 1. The lowest BCUT2D eigenvalue weighted by Crippen LogP contribution is -2.23. The van der Waals surface area contributed by atoms with Gasteiger partial charge in [0.1, 0.15) is 11.5 Å². The van der Waals surface area contributed by atoms with Crippen molar-refractivity contribution >= 4 is 21.6 Å². The summed E-state index contributed by atoms with van der Waals surface area (Å²) < 4.78 is 6.93. The number of nitrogens with zero attached hydrogens (tertiary/aromatic N) is 1. The van der Waals surface area contributed by atoms with Crippen molar-refractivity contribution in [3.05, 3.63) is 52.4 Å². The van der Waals surface area contributed by atoms with Crippen LogP contribution in [-0.2, 0) is 6.42 Å². The van der Waals surface area contributed by atoms with E-state index in [4.69, 9.17) is 9.40 Å². The maximum atomic E-state index is 5.68. The molecular weight excluding hydrogens is 280 g/mol. The fourth-order valence-electron chi connectivity index (χ4n) is 2.72. The monoisotopic (exact) mass is 300 g/mol. The second-order valence-electron chi connectivity index (χ2n) is 5.26. The van der Waals surface area contributed by atoms with Gasteiger partial charge in [-0.2, -0.15) is 0 Å². The first kappa shape index (κ1) is 14.3. The van der Waals surface area contributed by atoms with E-state index in [1.807, 2.05) is 19.9 Å². The van der Waals surface area contributed by atoms with Crippen LogP contribution in [0.15, 0.2) is 34.7 Å². The van der Waals surface area contributed by atoms with Crippen LogP contribution >= 0.6 is 11.3 Å². The number of furan rings is 1. The molecule has 2 aromatic heterocycles. The van der Waals surface area contributed by atoms with Crippen LogP contribution in [0.5, 0.6) is 0 Å². The topological polar surface area (TPSA) is 38.1 Å². The Labute approximate surface area is 129 Å². The van der Waals surface area contributed by atoms with Crippen LogP contribution in [-0.4, -0.2) is 11.5 Å². The smallest absolute Gasteiger partial charge is 0.105 e. The molecule has 0 amide bonds. The first-order valence-corrected chi connectivity index (χ1v) is 8.13. The second kappa shape index (κ2) is 6.00. The Morgan fingerprint density at radius 2 is 2.10 bits per heavy atom. The minimum atomic E-state index is 0.257. The summed E-state index contributed by atoms with van der Waals surface area (Å²) in [5, 5.41) is 4.72. The Hall–Kier alpha value is -1.65. The first-order chi connectivity index (χ1) is 10.2. The van der Waals surface area contributed by atoms with Crippen molar-refractivity contribution in [1.29, 1.82) is 0 Å². The van der Waals surface area contributed by atoms with Crippen LogP contribution in [0, 0.1) is 13.8 Å². The van der Waals surface area contributed by atoms with E-state index in [1.165, 1.54) is 15.3 Å². The van der Waals surface area contributed by atoms with Gasteiger partial charge in [0.05, 0.1) is 15.2 Å². The predicted octanol–water partition coefficient (Wildman–Crippen LogP) is 4.40. The lowest BCUT2D eigenvalue weighted by Gasteiger charge is -2.15. The number of likely N-dealkylation sites (N-methyl/N-ethyl adjacent to an activating group) is 1. The van der Waals surface area contributed by atoms with Crippen LogP contribution < -0.4 is 5.32 Å². The summed E-state index contributed by atoms with van der Waals surface area (Å²) in [4.78, 5) is 4.74. The molecule has 1 unspecified atom stereocenters. The van der Waals surface area contributed by atoms with E-state index in [2.05, 4.69) is 36.5 Å². The average Bonchev–Trinajstić information content (AvgIpc) is 3.00. The zero-order valence-electron chi connectivity index (χ0n) is 12.6. The molecule has 21 heavy (non-hydrogen) atoms. The maximum Gasteiger partial charge on any atom is 0.105 e. The Morgan fingerprint density at radius 1 is 1.29 bits per heavy atom. The molecule has 0 fully saturated rings. The van der Waals surface area contributed by atoms with E-state index in [9.17, 15) is 0 Å². The summed E-state index contributed by atoms with van der Waals surface area (Å²) in [6.07, 6.45) is 0.896. The van der Waals surface area contributed by atoms with Crippen molar-refractivity contribution in [1.82, 2.24) is 10.3 Å². The molecule has 0 saturated heterocycles. The number of rotatable bonds is 5. The lowest BCUT2D eigenvalue weighted by atomic mass is 10.0. The van der Waals surface area contributed by atoms with Gasteiger partial charge in [-0.05, 0) is 38.6 Å². The minimum Gasteiger partial charge on any atom is -0.466 e. The molecule has 1 atom stereocenters. The number of para-hydroxylation sites is 1. The maximum absolute atomic E-state index is 5.68. The minimum absolute atomic E-state index is 0.257. The largest absolute Gasteiger partial charge is 0.466 e. The summed E-state index contributed by atoms with van der Waals surface area (Å²) in [5.41, 5.74) is 2.33. The molecular formula is C17H20N2OS. The Kier molecular flexibility index (Phi) is 4.08. The van der Waals surface area contributed by atoms with Crippen LogP contribution in [0.4, 0.5) is 0 Å². The van der Waals surface area contributed by atoms with E-state index >= 15 is 0 Å².